The molecule has 8 rings (SSSR count). The third-order valence-corrected chi connectivity index (χ3v) is 13.2. The number of likely N-dealkylation sites (tertiary alicyclic amines) is 1. The fourth-order valence-corrected chi connectivity index (χ4v) is 9.07. The van der Waals surface area contributed by atoms with Gasteiger partial charge in [-0.25, -0.2) is 9.48 Å². The molecule has 1 saturated heterocycles. The highest BCUT2D eigenvalue weighted by atomic mass is 19.4. The van der Waals surface area contributed by atoms with Gasteiger partial charge in [-0.2, -0.15) is 13.2 Å². The highest BCUT2D eigenvalue weighted by Crippen LogP contribution is 2.43. The van der Waals surface area contributed by atoms with Crippen molar-refractivity contribution >= 4 is 29.7 Å². The Bertz CT molecular complexity index is 2480. The van der Waals surface area contributed by atoms with Crippen molar-refractivity contribution in [3.8, 4) is 11.3 Å². The molecule has 5 aromatic rings. The summed E-state index contributed by atoms with van der Waals surface area (Å²) < 4.78 is 40.4. The van der Waals surface area contributed by atoms with Gasteiger partial charge in [-0.1, -0.05) is 116 Å². The quantitative estimate of drug-likeness (QED) is 0.0546. The molecule has 5 N–H and O–H groups in total. The van der Waals surface area contributed by atoms with Crippen LogP contribution in [0.5, 0.6) is 0 Å². The average molecular weight is 946 g/mol. The van der Waals surface area contributed by atoms with E-state index < -0.39 is 41.6 Å². The number of rotatable bonds is 20. The van der Waals surface area contributed by atoms with Crippen molar-refractivity contribution < 1.29 is 37.1 Å². The zero-order valence-electron chi connectivity index (χ0n) is 38.5. The van der Waals surface area contributed by atoms with Crippen LogP contribution in [0.2, 0.25) is 0 Å². The van der Waals surface area contributed by atoms with Crippen LogP contribution in [-0.2, 0) is 33.5 Å². The normalized spacial score (nSPS) is 20.9. The van der Waals surface area contributed by atoms with Crippen molar-refractivity contribution in [2.24, 2.45) is 11.8 Å². The number of nitrogens with one attached hydrogen (secondary N) is 5. The van der Waals surface area contributed by atoms with Gasteiger partial charge in [-0.15, -0.1) is 5.10 Å². The topological polar surface area (TPSA) is 179 Å². The van der Waals surface area contributed by atoms with Gasteiger partial charge in [-0.3, -0.25) is 19.2 Å². The summed E-state index contributed by atoms with van der Waals surface area (Å²) >= 11 is 0. The predicted molar refractivity (Wildman–Crippen MR) is 252 cm³/mol. The Morgan fingerprint density at radius 3 is 1.87 bits per heavy atom. The van der Waals surface area contributed by atoms with Crippen molar-refractivity contribution in [2.45, 2.75) is 94.6 Å². The number of hydrogen-bond donors (Lipinski definition) is 5. The Balaban J connectivity index is 0.889. The van der Waals surface area contributed by atoms with E-state index in [1.807, 2.05) is 60.7 Å². The van der Waals surface area contributed by atoms with Gasteiger partial charge in [0.25, 0.3) is 5.91 Å². The van der Waals surface area contributed by atoms with Crippen LogP contribution in [0.1, 0.15) is 89.9 Å². The molecule has 2 aliphatic carbocycles. The van der Waals surface area contributed by atoms with Gasteiger partial charge in [0.2, 0.25) is 17.7 Å². The summed E-state index contributed by atoms with van der Waals surface area (Å²) in [5.41, 5.74) is 3.61. The van der Waals surface area contributed by atoms with Crippen LogP contribution in [0.25, 0.3) is 11.3 Å². The average Bonchev–Trinajstić information content (AvgIpc) is 4.19. The van der Waals surface area contributed by atoms with Crippen LogP contribution < -0.4 is 26.6 Å². The highest BCUT2D eigenvalue weighted by molar-refractivity contribution is 5.97. The number of unbranched alkanes of at least 4 members (excludes halogenated alkanes) is 3. The number of carbonyl (C=O) groups is 5. The summed E-state index contributed by atoms with van der Waals surface area (Å²) in [6.45, 7) is 2.75. The number of alkyl halides is 3. The second-order valence-electron chi connectivity index (χ2n) is 18.3. The number of benzene rings is 4. The fraction of sp³-hybridized carbons (Fsp3) is 0.404. The molecule has 0 bridgehead atoms. The third kappa shape index (κ3) is 12.7. The van der Waals surface area contributed by atoms with Crippen LogP contribution in [0, 0.1) is 11.8 Å². The first-order valence-electron chi connectivity index (χ1n) is 23.8. The fourth-order valence-electron chi connectivity index (χ4n) is 9.07. The van der Waals surface area contributed by atoms with Crippen molar-refractivity contribution in [1.82, 2.24) is 46.5 Å². The second kappa shape index (κ2) is 21.9. The zero-order chi connectivity index (χ0) is 48.5. The Morgan fingerprint density at radius 2 is 1.30 bits per heavy atom. The Labute approximate surface area is 399 Å². The van der Waals surface area contributed by atoms with Crippen molar-refractivity contribution in [3.05, 3.63) is 143 Å². The largest absolute Gasteiger partial charge is 0.416 e. The maximum absolute atomic E-state index is 14.1. The lowest BCUT2D eigenvalue weighted by atomic mass is 9.94. The zero-order valence-corrected chi connectivity index (χ0v) is 38.5. The van der Waals surface area contributed by atoms with E-state index in [1.54, 1.807) is 35.4 Å². The lowest BCUT2D eigenvalue weighted by molar-refractivity contribution is -0.137. The van der Waals surface area contributed by atoms with Gasteiger partial charge in [0.1, 0.15) is 11.7 Å². The summed E-state index contributed by atoms with van der Waals surface area (Å²) in [6.07, 6.45) is 2.85. The van der Waals surface area contributed by atoms with Gasteiger partial charge in [-0.05, 0) is 66.6 Å². The van der Waals surface area contributed by atoms with E-state index in [0.717, 1.165) is 61.8 Å². The molecule has 1 aliphatic heterocycles. The van der Waals surface area contributed by atoms with E-state index in [-0.39, 0.29) is 74.2 Å². The molecule has 14 nitrogen and oxygen atoms in total. The third-order valence-electron chi connectivity index (χ3n) is 13.2. The predicted octanol–water partition coefficient (Wildman–Crippen LogP) is 6.60. The van der Waals surface area contributed by atoms with Crippen LogP contribution >= 0.6 is 0 Å². The maximum Gasteiger partial charge on any atom is 0.416 e. The van der Waals surface area contributed by atoms with Crippen LogP contribution in [0.3, 0.4) is 0 Å². The molecule has 0 radical (unpaired) electrons. The highest BCUT2D eigenvalue weighted by Gasteiger charge is 2.49. The molecule has 2 saturated carbocycles. The van der Waals surface area contributed by atoms with E-state index in [0.29, 0.717) is 28.9 Å². The van der Waals surface area contributed by atoms with Crippen molar-refractivity contribution in [1.29, 1.82) is 0 Å². The maximum atomic E-state index is 14.1. The molecule has 7 atom stereocenters. The lowest BCUT2D eigenvalue weighted by Gasteiger charge is -2.19. The molecule has 3 fully saturated rings. The van der Waals surface area contributed by atoms with Crippen LogP contribution in [0.4, 0.5) is 18.0 Å². The van der Waals surface area contributed by atoms with E-state index in [9.17, 15) is 37.1 Å². The molecule has 17 heteroatoms. The first kappa shape index (κ1) is 48.4. The molecule has 69 heavy (non-hydrogen) atoms. The van der Waals surface area contributed by atoms with Crippen LogP contribution in [-0.4, -0.2) is 93.9 Å². The molecular formula is C52H58F3N9O5. The van der Waals surface area contributed by atoms with Gasteiger partial charge < -0.3 is 31.5 Å². The monoisotopic (exact) mass is 945 g/mol. The number of amides is 6. The first-order chi connectivity index (χ1) is 33.3. The van der Waals surface area contributed by atoms with Crippen molar-refractivity contribution in [3.63, 3.8) is 0 Å². The molecule has 3 aliphatic rings. The molecule has 0 unspecified atom stereocenters. The number of carbonyl (C=O) groups excluding carboxylic acids is 5. The number of hydrogen-bond acceptors (Lipinski definition) is 7. The molecular weight excluding hydrogens is 888 g/mol. The standard InChI is InChI=1S/C52H58F3N9O5/c1-2-3-4-11-25-56-49(67)46(60-51(69)57-26-24-33-16-22-38(23-17-33)52(53,54)55)32-64-31-45(61-62-64)36-18-20-37(21-19-36)50(68)63-29-41(47(65)58-43-27-39(43)34-12-7-5-8-13-34)42(30-63)48(66)59-44-28-40(44)35-14-9-6-10-15-35/h5-10,12-23,31,39-44,46H,2-4,11,24-30,32H2,1H3,(H,56,67)(H,58,65)(H,59,66)(H2,57,60,69)/t39-,40-,41-,42-,43+,44+,46+/m1/s1. The lowest BCUT2D eigenvalue weighted by Crippen LogP contribution is -2.52. The summed E-state index contributed by atoms with van der Waals surface area (Å²) in [4.78, 5) is 69.9. The molecule has 362 valence electrons. The SMILES string of the molecule is CCCCCCNC(=O)[C@H](Cn1cc(-c2ccc(C(=O)N3C[C@@H](C(=O)N[C@H]4C[C@@H]4c4ccccc4)[C@H](C(=O)N[C@H]4C[C@@H]4c4ccccc4)C3)cc2)nn1)NC(=O)NCCc1ccc(C(F)(F)F)cc1. The molecule has 0 spiro atoms. The Kier molecular flexibility index (Phi) is 15.4. The van der Waals surface area contributed by atoms with E-state index >= 15 is 0 Å². The van der Waals surface area contributed by atoms with E-state index in [4.69, 9.17) is 0 Å². The summed E-state index contributed by atoms with van der Waals surface area (Å²) in [5.74, 6) is -2.24. The summed E-state index contributed by atoms with van der Waals surface area (Å²) in [7, 11) is 0. The summed E-state index contributed by atoms with van der Waals surface area (Å²) in [6, 6.07) is 29.7. The second-order valence-corrected chi connectivity index (χ2v) is 18.3. The van der Waals surface area contributed by atoms with E-state index in [2.05, 4.69) is 43.8 Å². The Hall–Kier alpha value is -7.04. The minimum absolute atomic E-state index is 0.0369. The first-order valence-corrected chi connectivity index (χ1v) is 23.8. The number of aromatic nitrogens is 3. The van der Waals surface area contributed by atoms with Crippen molar-refractivity contribution in [2.75, 3.05) is 26.2 Å². The number of nitrogens with zero attached hydrogens (tertiary/aromatic N) is 4. The number of urea groups is 1. The molecule has 2 heterocycles. The minimum atomic E-state index is -4.45. The van der Waals surface area contributed by atoms with Gasteiger partial charge in [0.15, 0.2) is 0 Å². The smallest absolute Gasteiger partial charge is 0.354 e. The van der Waals surface area contributed by atoms with Crippen LogP contribution in [0.15, 0.2) is 115 Å². The minimum Gasteiger partial charge on any atom is -0.354 e. The number of halogens is 3. The molecule has 1 aromatic heterocycles. The van der Waals surface area contributed by atoms with Gasteiger partial charge >= 0.3 is 12.2 Å². The Morgan fingerprint density at radius 1 is 0.710 bits per heavy atom. The van der Waals surface area contributed by atoms with Gasteiger partial charge in [0, 0.05) is 61.2 Å². The molecule has 6 amide bonds. The van der Waals surface area contributed by atoms with E-state index in [1.165, 1.54) is 16.8 Å². The summed E-state index contributed by atoms with van der Waals surface area (Å²) in [5, 5.41) is 23.1. The molecule has 4 aromatic carbocycles. The van der Waals surface area contributed by atoms with Gasteiger partial charge in [0.05, 0.1) is 30.1 Å².